The van der Waals surface area contributed by atoms with Crippen molar-refractivity contribution in [2.75, 3.05) is 12.4 Å². The Morgan fingerprint density at radius 2 is 1.77 bits per heavy atom. The van der Waals surface area contributed by atoms with Crippen molar-refractivity contribution < 1.29 is 9.53 Å². The lowest BCUT2D eigenvalue weighted by atomic mass is 10.1. The second kappa shape index (κ2) is 8.21. The molecule has 0 spiro atoms. The fourth-order valence-electron chi connectivity index (χ4n) is 3.43. The van der Waals surface area contributed by atoms with Crippen LogP contribution in [-0.2, 0) is 6.54 Å². The summed E-state index contributed by atoms with van der Waals surface area (Å²) in [6.45, 7) is 2.25. The van der Waals surface area contributed by atoms with Crippen LogP contribution in [0, 0.1) is 6.92 Å². The van der Waals surface area contributed by atoms with Gasteiger partial charge in [-0.05, 0) is 36.2 Å². The second-order valence-electron chi connectivity index (χ2n) is 6.98. The van der Waals surface area contributed by atoms with E-state index >= 15 is 0 Å². The summed E-state index contributed by atoms with van der Waals surface area (Å²) < 4.78 is 7.13. The highest BCUT2D eigenvalue weighted by Gasteiger charge is 2.23. The van der Waals surface area contributed by atoms with Crippen molar-refractivity contribution in [3.05, 3.63) is 100.0 Å². The van der Waals surface area contributed by atoms with Crippen LogP contribution < -0.4 is 15.6 Å². The van der Waals surface area contributed by atoms with Gasteiger partial charge in [0.25, 0.3) is 11.5 Å². The van der Waals surface area contributed by atoms with Gasteiger partial charge in [0.1, 0.15) is 17.1 Å². The Bertz CT molecular complexity index is 1260. The number of carbonyl (C=O) groups excluding carboxylic acids is 1. The van der Waals surface area contributed by atoms with Crippen molar-refractivity contribution in [2.45, 2.75) is 13.5 Å². The van der Waals surface area contributed by atoms with Crippen LogP contribution in [0.1, 0.15) is 21.5 Å². The topological polar surface area (TPSA) is 73.2 Å². The number of ether oxygens (including phenoxy) is 1. The molecule has 0 aliphatic heterocycles. The maximum Gasteiger partial charge on any atom is 0.268 e. The van der Waals surface area contributed by atoms with E-state index in [0.29, 0.717) is 23.3 Å². The van der Waals surface area contributed by atoms with Crippen LogP contribution in [0.2, 0.25) is 0 Å². The van der Waals surface area contributed by atoms with Gasteiger partial charge in [0.2, 0.25) is 0 Å². The zero-order chi connectivity index (χ0) is 21.1. The van der Waals surface area contributed by atoms with Crippen molar-refractivity contribution in [3.63, 3.8) is 0 Å². The first-order chi connectivity index (χ1) is 14.6. The van der Waals surface area contributed by atoms with Gasteiger partial charge in [-0.3, -0.25) is 9.59 Å². The molecular formula is C24H21N3O3. The highest BCUT2D eigenvalue weighted by Crippen LogP contribution is 2.28. The third-order valence-electron chi connectivity index (χ3n) is 4.89. The number of rotatable bonds is 5. The molecule has 0 aliphatic carbocycles. The molecule has 150 valence electrons. The van der Waals surface area contributed by atoms with Crippen LogP contribution in [-0.4, -0.2) is 22.6 Å². The highest BCUT2D eigenvalue weighted by molar-refractivity contribution is 6.08. The Labute approximate surface area is 173 Å². The molecular weight excluding hydrogens is 378 g/mol. The van der Waals surface area contributed by atoms with E-state index in [2.05, 4.69) is 10.3 Å². The van der Waals surface area contributed by atoms with Crippen molar-refractivity contribution in [1.29, 1.82) is 0 Å². The lowest BCUT2D eigenvalue weighted by Gasteiger charge is -2.17. The van der Waals surface area contributed by atoms with Gasteiger partial charge in [-0.25, -0.2) is 4.98 Å². The maximum atomic E-state index is 13.5. The Morgan fingerprint density at radius 1 is 1.03 bits per heavy atom. The fourth-order valence-corrected chi connectivity index (χ4v) is 3.43. The van der Waals surface area contributed by atoms with Gasteiger partial charge in [-0.1, -0.05) is 48.5 Å². The number of nitrogens with one attached hydrogen (secondary N) is 1. The summed E-state index contributed by atoms with van der Waals surface area (Å²) in [6.07, 6.45) is 1.65. The third-order valence-corrected chi connectivity index (χ3v) is 4.89. The molecule has 0 unspecified atom stereocenters. The molecule has 2 heterocycles. The maximum absolute atomic E-state index is 13.5. The average Bonchev–Trinajstić information content (AvgIpc) is 2.77. The van der Waals surface area contributed by atoms with Crippen LogP contribution >= 0.6 is 0 Å². The summed E-state index contributed by atoms with van der Waals surface area (Å²) in [4.78, 5) is 30.8. The molecule has 0 aliphatic rings. The van der Waals surface area contributed by atoms with Gasteiger partial charge < -0.3 is 14.6 Å². The first kappa shape index (κ1) is 19.4. The predicted molar refractivity (Wildman–Crippen MR) is 117 cm³/mol. The predicted octanol–water partition coefficient (Wildman–Crippen LogP) is 4.01. The number of pyridine rings is 2. The minimum absolute atomic E-state index is 0.0468. The van der Waals surface area contributed by atoms with Gasteiger partial charge in [0.15, 0.2) is 0 Å². The normalized spacial score (nSPS) is 10.7. The van der Waals surface area contributed by atoms with Crippen LogP contribution in [0.5, 0.6) is 5.75 Å². The smallest absolute Gasteiger partial charge is 0.268 e. The zero-order valence-electron chi connectivity index (χ0n) is 16.8. The number of anilines is 1. The molecule has 4 aromatic rings. The van der Waals surface area contributed by atoms with Crippen molar-refractivity contribution in [2.24, 2.45) is 0 Å². The molecule has 2 aromatic carbocycles. The zero-order valence-corrected chi connectivity index (χ0v) is 16.8. The molecule has 0 fully saturated rings. The number of amides is 1. The molecule has 30 heavy (non-hydrogen) atoms. The minimum atomic E-state index is -0.555. The van der Waals surface area contributed by atoms with E-state index in [4.69, 9.17) is 4.74 Å². The van der Waals surface area contributed by atoms with Gasteiger partial charge in [0, 0.05) is 11.6 Å². The molecule has 0 saturated heterocycles. The van der Waals surface area contributed by atoms with E-state index in [1.54, 1.807) is 16.8 Å². The number of methoxy groups -OCH3 is 1. The second-order valence-corrected chi connectivity index (χ2v) is 6.98. The third kappa shape index (κ3) is 3.67. The summed E-state index contributed by atoms with van der Waals surface area (Å²) in [5.74, 6) is 0.0695. The first-order valence-corrected chi connectivity index (χ1v) is 9.56. The summed E-state index contributed by atoms with van der Waals surface area (Å²) in [7, 11) is 1.46. The molecule has 0 saturated carbocycles. The molecule has 1 amide bonds. The number of aromatic nitrogens is 2. The molecule has 0 radical (unpaired) electrons. The van der Waals surface area contributed by atoms with E-state index in [1.807, 2.05) is 67.6 Å². The quantitative estimate of drug-likeness (QED) is 0.550. The van der Waals surface area contributed by atoms with E-state index in [0.717, 1.165) is 11.1 Å². The number of para-hydroxylation sites is 1. The number of fused-ring (bicyclic) bond motifs is 1. The highest BCUT2D eigenvalue weighted by atomic mass is 16.5. The molecule has 0 atom stereocenters. The number of hydrogen-bond donors (Lipinski definition) is 1. The SMILES string of the molecule is COc1c(C(=O)Nc2ccc(C)cn2)c(=O)n(Cc2ccccc2)c2ccccc12. The van der Waals surface area contributed by atoms with Gasteiger partial charge >= 0.3 is 0 Å². The number of benzene rings is 2. The molecule has 4 rings (SSSR count). The molecule has 0 bridgehead atoms. The minimum Gasteiger partial charge on any atom is -0.495 e. The summed E-state index contributed by atoms with van der Waals surface area (Å²) in [5, 5.41) is 3.41. The van der Waals surface area contributed by atoms with E-state index in [1.165, 1.54) is 7.11 Å². The average molecular weight is 399 g/mol. The Hall–Kier alpha value is -3.93. The van der Waals surface area contributed by atoms with E-state index in [9.17, 15) is 9.59 Å². The van der Waals surface area contributed by atoms with Gasteiger partial charge in [-0.15, -0.1) is 0 Å². The lowest BCUT2D eigenvalue weighted by Crippen LogP contribution is -2.31. The summed E-state index contributed by atoms with van der Waals surface area (Å²) in [6, 6.07) is 20.6. The first-order valence-electron chi connectivity index (χ1n) is 9.56. The standard InChI is InChI=1S/C24H21N3O3/c1-16-12-13-20(25-14-16)26-23(28)21-22(30-2)18-10-6-7-11-19(18)27(24(21)29)15-17-8-4-3-5-9-17/h3-14H,15H2,1-2H3,(H,25,26,28). The Balaban J connectivity index is 1.87. The van der Waals surface area contributed by atoms with Gasteiger partial charge in [-0.2, -0.15) is 0 Å². The molecule has 6 nitrogen and oxygen atoms in total. The number of nitrogens with zero attached hydrogens (tertiary/aromatic N) is 2. The monoisotopic (exact) mass is 399 g/mol. The summed E-state index contributed by atoms with van der Waals surface area (Å²) in [5.41, 5.74) is 2.17. The summed E-state index contributed by atoms with van der Waals surface area (Å²) >= 11 is 0. The Morgan fingerprint density at radius 3 is 2.47 bits per heavy atom. The van der Waals surface area contributed by atoms with Gasteiger partial charge in [0.05, 0.1) is 19.2 Å². The fraction of sp³-hybridized carbons (Fsp3) is 0.125. The van der Waals surface area contributed by atoms with Crippen molar-refractivity contribution in [1.82, 2.24) is 9.55 Å². The van der Waals surface area contributed by atoms with E-state index < -0.39 is 11.5 Å². The van der Waals surface area contributed by atoms with Crippen LogP contribution in [0.3, 0.4) is 0 Å². The van der Waals surface area contributed by atoms with Crippen LogP contribution in [0.4, 0.5) is 5.82 Å². The van der Waals surface area contributed by atoms with Crippen LogP contribution in [0.15, 0.2) is 77.7 Å². The largest absolute Gasteiger partial charge is 0.495 e. The molecule has 2 aromatic heterocycles. The Kier molecular flexibility index (Phi) is 5.30. The number of hydrogen-bond acceptors (Lipinski definition) is 4. The molecule has 1 N–H and O–H groups in total. The van der Waals surface area contributed by atoms with E-state index in [-0.39, 0.29) is 11.3 Å². The van der Waals surface area contributed by atoms with Crippen LogP contribution in [0.25, 0.3) is 10.9 Å². The number of aryl methyl sites for hydroxylation is 1. The lowest BCUT2D eigenvalue weighted by molar-refractivity contribution is 0.102. The van der Waals surface area contributed by atoms with Crippen molar-refractivity contribution >= 4 is 22.6 Å². The van der Waals surface area contributed by atoms with Crippen molar-refractivity contribution in [3.8, 4) is 5.75 Å². The number of carbonyl (C=O) groups is 1. The molecule has 6 heteroatoms.